The molecule has 0 radical (unpaired) electrons. The van der Waals surface area contributed by atoms with Gasteiger partial charge in [0.2, 0.25) is 0 Å². The van der Waals surface area contributed by atoms with Crippen molar-refractivity contribution in [2.24, 2.45) is 13.0 Å². The maximum atomic E-state index is 12.8. The van der Waals surface area contributed by atoms with Crippen LogP contribution in [0.1, 0.15) is 12.8 Å². The third-order valence-corrected chi connectivity index (χ3v) is 5.00. The topological polar surface area (TPSA) is 79.6 Å². The molecule has 8 nitrogen and oxygen atoms in total. The highest BCUT2D eigenvalue weighted by Gasteiger charge is 2.25. The molecule has 0 aliphatic heterocycles. The predicted octanol–water partition coefficient (Wildman–Crippen LogP) is 1.48. The van der Waals surface area contributed by atoms with Gasteiger partial charge in [-0.1, -0.05) is 0 Å². The van der Waals surface area contributed by atoms with Gasteiger partial charge < -0.3 is 0 Å². The predicted molar refractivity (Wildman–Crippen MR) is 100 cm³/mol. The number of pyridine rings is 1. The third kappa shape index (κ3) is 2.61. The average molecular weight is 362 g/mol. The van der Waals surface area contributed by atoms with E-state index in [1.807, 2.05) is 36.5 Å². The van der Waals surface area contributed by atoms with E-state index in [0.717, 1.165) is 29.4 Å². The Morgan fingerprint density at radius 1 is 1.11 bits per heavy atom. The molecule has 8 heteroatoms. The number of fused-ring (bicyclic) bond motifs is 1. The van der Waals surface area contributed by atoms with Crippen LogP contribution in [0.4, 0.5) is 0 Å². The van der Waals surface area contributed by atoms with Crippen molar-refractivity contribution in [1.29, 1.82) is 0 Å². The monoisotopic (exact) mass is 362 g/mol. The second kappa shape index (κ2) is 5.80. The first-order chi connectivity index (χ1) is 13.1. The van der Waals surface area contributed by atoms with Gasteiger partial charge in [-0.05, 0) is 49.1 Å². The van der Waals surface area contributed by atoms with Crippen LogP contribution < -0.4 is 11.4 Å². The summed E-state index contributed by atoms with van der Waals surface area (Å²) in [5.74, 6) is 0.450. The lowest BCUT2D eigenvalue weighted by molar-refractivity contribution is 0.583. The van der Waals surface area contributed by atoms with E-state index in [4.69, 9.17) is 0 Å². The summed E-state index contributed by atoms with van der Waals surface area (Å²) in [6.45, 7) is 0.500. The molecule has 0 atom stereocenters. The van der Waals surface area contributed by atoms with Crippen molar-refractivity contribution in [3.8, 4) is 11.4 Å². The summed E-state index contributed by atoms with van der Waals surface area (Å²) in [7, 11) is 1.62. The molecule has 1 aliphatic carbocycles. The number of aromatic nitrogens is 6. The molecule has 136 valence electrons. The van der Waals surface area contributed by atoms with E-state index < -0.39 is 0 Å². The molecule has 0 saturated heterocycles. The Labute approximate surface area is 153 Å². The molecular weight excluding hydrogens is 344 g/mol. The van der Waals surface area contributed by atoms with Gasteiger partial charge in [0.25, 0.3) is 0 Å². The normalized spacial score (nSPS) is 14.1. The van der Waals surface area contributed by atoms with Crippen LogP contribution in [0.2, 0.25) is 0 Å². The summed E-state index contributed by atoms with van der Waals surface area (Å²) < 4.78 is 5.88. The molecule has 27 heavy (non-hydrogen) atoms. The Kier molecular flexibility index (Phi) is 3.40. The molecule has 0 unspecified atom stereocenters. The molecule has 0 spiro atoms. The number of hydrogen-bond acceptors (Lipinski definition) is 4. The van der Waals surface area contributed by atoms with E-state index >= 15 is 0 Å². The number of benzene rings is 1. The van der Waals surface area contributed by atoms with E-state index in [1.54, 1.807) is 24.1 Å². The summed E-state index contributed by atoms with van der Waals surface area (Å²) in [5, 5.41) is 5.43. The van der Waals surface area contributed by atoms with Crippen LogP contribution in [0.25, 0.3) is 22.3 Å². The van der Waals surface area contributed by atoms with Gasteiger partial charge in [-0.15, -0.1) is 0 Å². The molecule has 5 rings (SSSR count). The molecule has 4 aromatic rings. The van der Waals surface area contributed by atoms with E-state index in [-0.39, 0.29) is 11.4 Å². The highest BCUT2D eigenvalue weighted by Crippen LogP contribution is 2.29. The maximum Gasteiger partial charge on any atom is 0.351 e. The second-order valence-electron chi connectivity index (χ2n) is 6.98. The Hall–Kier alpha value is -3.42. The van der Waals surface area contributed by atoms with Gasteiger partial charge >= 0.3 is 11.4 Å². The van der Waals surface area contributed by atoms with Crippen molar-refractivity contribution in [3.05, 3.63) is 69.9 Å². The van der Waals surface area contributed by atoms with E-state index in [9.17, 15) is 9.59 Å². The smallest absolute Gasteiger partial charge is 0.262 e. The maximum absolute atomic E-state index is 12.8. The lowest BCUT2D eigenvalue weighted by atomic mass is 10.2. The summed E-state index contributed by atoms with van der Waals surface area (Å²) in [6.07, 6.45) is 7.50. The summed E-state index contributed by atoms with van der Waals surface area (Å²) in [4.78, 5) is 29.4. The Morgan fingerprint density at radius 2 is 1.96 bits per heavy atom. The molecule has 1 saturated carbocycles. The first kappa shape index (κ1) is 15.8. The van der Waals surface area contributed by atoms with E-state index in [0.29, 0.717) is 18.2 Å². The van der Waals surface area contributed by atoms with Gasteiger partial charge in [0.1, 0.15) is 0 Å². The minimum absolute atomic E-state index is 0.280. The molecule has 0 bridgehead atoms. The van der Waals surface area contributed by atoms with Gasteiger partial charge in [-0.25, -0.2) is 23.5 Å². The van der Waals surface area contributed by atoms with Crippen LogP contribution in [0.3, 0.4) is 0 Å². The second-order valence-corrected chi connectivity index (χ2v) is 6.98. The van der Waals surface area contributed by atoms with Gasteiger partial charge in [0.05, 0.1) is 23.1 Å². The van der Waals surface area contributed by atoms with E-state index in [2.05, 4.69) is 10.1 Å². The largest absolute Gasteiger partial charge is 0.351 e. The van der Waals surface area contributed by atoms with Crippen molar-refractivity contribution in [2.75, 3.05) is 0 Å². The lowest BCUT2D eigenvalue weighted by Crippen LogP contribution is -2.29. The van der Waals surface area contributed by atoms with Crippen LogP contribution in [-0.2, 0) is 13.6 Å². The van der Waals surface area contributed by atoms with Crippen molar-refractivity contribution in [3.63, 3.8) is 0 Å². The average Bonchev–Trinajstić information content (AvgIpc) is 3.37. The highest BCUT2D eigenvalue weighted by molar-refractivity contribution is 5.80. The Bertz CT molecular complexity index is 1260. The Balaban J connectivity index is 1.62. The number of nitrogens with zero attached hydrogens (tertiary/aromatic N) is 6. The molecule has 0 N–H and O–H groups in total. The molecule has 1 aromatic carbocycles. The van der Waals surface area contributed by atoms with Crippen LogP contribution in [0.15, 0.2) is 58.5 Å². The van der Waals surface area contributed by atoms with Gasteiger partial charge in [0, 0.05) is 31.4 Å². The molecule has 0 amide bonds. The van der Waals surface area contributed by atoms with Crippen LogP contribution in [0, 0.1) is 5.92 Å². The van der Waals surface area contributed by atoms with Crippen molar-refractivity contribution in [2.45, 2.75) is 19.4 Å². The van der Waals surface area contributed by atoms with Crippen molar-refractivity contribution >= 4 is 10.9 Å². The fourth-order valence-electron chi connectivity index (χ4n) is 3.35. The standard InChI is InChI=1S/C19H18N6O2/c1-22-18(26)23(11-13-4-5-13)19(27)25(22)15-6-7-17-14(9-15)12-24(21-17)16-3-2-8-20-10-16/h2-3,6-10,12-13H,4-5,11H2,1H3. The minimum atomic E-state index is -0.298. The summed E-state index contributed by atoms with van der Waals surface area (Å²) in [5.41, 5.74) is 1.73. The summed E-state index contributed by atoms with van der Waals surface area (Å²) >= 11 is 0. The quantitative estimate of drug-likeness (QED) is 0.551. The first-order valence-corrected chi connectivity index (χ1v) is 8.91. The minimum Gasteiger partial charge on any atom is -0.262 e. The van der Waals surface area contributed by atoms with Gasteiger partial charge in [-0.2, -0.15) is 9.78 Å². The van der Waals surface area contributed by atoms with Gasteiger partial charge in [0.15, 0.2) is 0 Å². The van der Waals surface area contributed by atoms with Crippen molar-refractivity contribution in [1.82, 2.24) is 28.7 Å². The molecule has 1 aliphatic rings. The van der Waals surface area contributed by atoms with Crippen LogP contribution >= 0.6 is 0 Å². The zero-order valence-electron chi connectivity index (χ0n) is 14.8. The van der Waals surface area contributed by atoms with Gasteiger partial charge in [-0.3, -0.25) is 4.98 Å². The molecule has 1 fully saturated rings. The fraction of sp³-hybridized carbons (Fsp3) is 0.263. The zero-order chi connectivity index (χ0) is 18.5. The highest BCUT2D eigenvalue weighted by atomic mass is 16.2. The zero-order valence-corrected chi connectivity index (χ0v) is 14.8. The van der Waals surface area contributed by atoms with Crippen molar-refractivity contribution < 1.29 is 0 Å². The third-order valence-electron chi connectivity index (χ3n) is 5.00. The molecule has 3 heterocycles. The number of rotatable bonds is 4. The van der Waals surface area contributed by atoms with Crippen LogP contribution in [-0.4, -0.2) is 28.7 Å². The molecular formula is C19H18N6O2. The number of hydrogen-bond donors (Lipinski definition) is 0. The lowest BCUT2D eigenvalue weighted by Gasteiger charge is -2.04. The summed E-state index contributed by atoms with van der Waals surface area (Å²) in [6, 6.07) is 9.31. The SMILES string of the molecule is Cn1c(=O)n(CC2CC2)c(=O)n1-c1ccc2nn(-c3cccnc3)cc2c1. The Morgan fingerprint density at radius 3 is 2.70 bits per heavy atom. The molecule has 3 aromatic heterocycles. The van der Waals surface area contributed by atoms with E-state index in [1.165, 1.54) is 13.9 Å². The fourth-order valence-corrected chi connectivity index (χ4v) is 3.35. The first-order valence-electron chi connectivity index (χ1n) is 8.91. The van der Waals surface area contributed by atoms with Crippen LogP contribution in [0.5, 0.6) is 0 Å².